The first-order chi connectivity index (χ1) is 15.0. The highest BCUT2D eigenvalue weighted by Gasteiger charge is 2.13. The number of hydrazone groups is 1. The molecule has 1 N–H and O–H groups in total. The third-order valence-corrected chi connectivity index (χ3v) is 4.68. The highest BCUT2D eigenvalue weighted by molar-refractivity contribution is 8.93. The largest absolute Gasteiger partial charge is 0.497 e. The summed E-state index contributed by atoms with van der Waals surface area (Å²) in [5.74, 6) is 0.345. The summed E-state index contributed by atoms with van der Waals surface area (Å²) in [6.07, 6.45) is 4.98. The number of hydrogen-bond donors (Lipinski definition) is 1. The van der Waals surface area contributed by atoms with Crippen molar-refractivity contribution in [2.75, 3.05) is 26.1 Å². The van der Waals surface area contributed by atoms with Gasteiger partial charge in [0.2, 0.25) is 12.3 Å². The van der Waals surface area contributed by atoms with Crippen LogP contribution in [0.5, 0.6) is 5.75 Å². The van der Waals surface area contributed by atoms with Gasteiger partial charge in [-0.25, -0.2) is 5.43 Å². The van der Waals surface area contributed by atoms with Crippen molar-refractivity contribution in [3.8, 4) is 5.75 Å². The van der Waals surface area contributed by atoms with Crippen molar-refractivity contribution < 1.29 is 18.9 Å². The maximum atomic E-state index is 12.4. The van der Waals surface area contributed by atoms with Crippen LogP contribution in [0.25, 0.3) is 0 Å². The molecule has 0 saturated carbocycles. The normalized spacial score (nSPS) is 10.3. The Morgan fingerprint density at radius 2 is 1.59 bits per heavy atom. The molecule has 3 rings (SSSR count). The number of nitrogens with one attached hydrogen (secondary N) is 1. The fraction of sp³-hybridized carbons (Fsp3) is 0.167. The van der Waals surface area contributed by atoms with E-state index in [0.717, 1.165) is 11.3 Å². The molecule has 0 fully saturated rings. The van der Waals surface area contributed by atoms with Gasteiger partial charge in [-0.15, -0.1) is 17.0 Å². The highest BCUT2D eigenvalue weighted by Crippen LogP contribution is 2.12. The van der Waals surface area contributed by atoms with Crippen molar-refractivity contribution in [2.45, 2.75) is 6.54 Å². The molecule has 32 heavy (non-hydrogen) atoms. The van der Waals surface area contributed by atoms with E-state index >= 15 is 0 Å². The first kappa shape index (κ1) is 24.7. The Labute approximate surface area is 198 Å². The lowest BCUT2D eigenvalue weighted by atomic mass is 10.1. The lowest BCUT2D eigenvalue weighted by molar-refractivity contribution is -0.683. The number of carbonyl (C=O) groups is 2. The first-order valence-electron chi connectivity index (χ1n) is 9.73. The van der Waals surface area contributed by atoms with Crippen LogP contribution >= 0.6 is 17.0 Å². The SMILES string of the molecule is Br.COc1ccc(C(=O)C[n+]2ccc(C(=O)N/N=C/c3ccc(N(C)C)cc3)cc2)cc1. The number of halogens is 1. The number of nitrogens with zero attached hydrogens (tertiary/aromatic N) is 3. The molecule has 0 aliphatic heterocycles. The maximum Gasteiger partial charge on any atom is 0.271 e. The van der Waals surface area contributed by atoms with Gasteiger partial charge in [-0.2, -0.15) is 9.67 Å². The summed E-state index contributed by atoms with van der Waals surface area (Å²) < 4.78 is 6.82. The van der Waals surface area contributed by atoms with Crippen LogP contribution in [0.15, 0.2) is 78.2 Å². The second kappa shape index (κ2) is 11.8. The molecule has 8 heteroatoms. The number of amides is 1. The topological polar surface area (TPSA) is 74.9 Å². The van der Waals surface area contributed by atoms with E-state index in [1.165, 1.54) is 0 Å². The molecule has 0 saturated heterocycles. The van der Waals surface area contributed by atoms with Gasteiger partial charge in [0.25, 0.3) is 5.91 Å². The minimum absolute atomic E-state index is 0. The Morgan fingerprint density at radius 3 is 2.16 bits per heavy atom. The summed E-state index contributed by atoms with van der Waals surface area (Å²) in [6, 6.07) is 18.1. The molecule has 1 heterocycles. The average molecular weight is 498 g/mol. The predicted octanol–water partition coefficient (Wildman–Crippen LogP) is 3.27. The van der Waals surface area contributed by atoms with E-state index in [1.807, 2.05) is 43.3 Å². The van der Waals surface area contributed by atoms with Crippen LogP contribution < -0.4 is 19.6 Å². The van der Waals surface area contributed by atoms with Gasteiger partial charge in [0.1, 0.15) is 5.75 Å². The lowest BCUT2D eigenvalue weighted by Crippen LogP contribution is -2.37. The average Bonchev–Trinajstić information content (AvgIpc) is 2.80. The molecule has 3 aromatic rings. The molecule has 7 nitrogen and oxygen atoms in total. The molecular weight excluding hydrogens is 472 g/mol. The molecule has 166 valence electrons. The number of carbonyl (C=O) groups excluding carboxylic acids is 2. The molecule has 1 amide bonds. The number of benzene rings is 2. The molecule has 1 aromatic heterocycles. The quantitative estimate of drug-likeness (QED) is 0.224. The number of aromatic nitrogens is 1. The van der Waals surface area contributed by atoms with E-state index in [4.69, 9.17) is 4.74 Å². The van der Waals surface area contributed by atoms with Gasteiger partial charge in [-0.1, -0.05) is 12.1 Å². The smallest absolute Gasteiger partial charge is 0.271 e. The summed E-state index contributed by atoms with van der Waals surface area (Å²) in [4.78, 5) is 26.7. The Bertz CT molecular complexity index is 1060. The summed E-state index contributed by atoms with van der Waals surface area (Å²) in [5.41, 5.74) is 5.54. The van der Waals surface area contributed by atoms with Gasteiger partial charge >= 0.3 is 0 Å². The molecule has 0 unspecified atom stereocenters. The molecule has 0 atom stereocenters. The highest BCUT2D eigenvalue weighted by atomic mass is 79.9. The second-order valence-electron chi connectivity index (χ2n) is 7.10. The minimum atomic E-state index is -0.324. The fourth-order valence-electron chi connectivity index (χ4n) is 2.84. The van der Waals surface area contributed by atoms with E-state index in [1.54, 1.807) is 66.7 Å². The molecule has 0 bridgehead atoms. The van der Waals surface area contributed by atoms with E-state index in [2.05, 4.69) is 10.5 Å². The molecule has 0 aliphatic carbocycles. The Morgan fingerprint density at radius 1 is 0.969 bits per heavy atom. The fourth-order valence-corrected chi connectivity index (χ4v) is 2.84. The number of methoxy groups -OCH3 is 1. The van der Waals surface area contributed by atoms with Crippen LogP contribution in [0.2, 0.25) is 0 Å². The lowest BCUT2D eigenvalue weighted by Gasteiger charge is -2.11. The van der Waals surface area contributed by atoms with Crippen LogP contribution in [0.1, 0.15) is 26.3 Å². The van der Waals surface area contributed by atoms with E-state index in [9.17, 15) is 9.59 Å². The number of ketones is 1. The zero-order valence-corrected chi connectivity index (χ0v) is 19.9. The number of anilines is 1. The third kappa shape index (κ3) is 6.75. The van der Waals surface area contributed by atoms with E-state index in [0.29, 0.717) is 16.9 Å². The summed E-state index contributed by atoms with van der Waals surface area (Å²) in [5, 5.41) is 4.01. The third-order valence-electron chi connectivity index (χ3n) is 4.68. The zero-order valence-electron chi connectivity index (χ0n) is 18.2. The molecule has 0 radical (unpaired) electrons. The van der Waals surface area contributed by atoms with Crippen molar-refractivity contribution in [1.29, 1.82) is 0 Å². The number of Topliss-reactive ketones (excluding diaryl/α,β-unsaturated/α-hetero) is 1. The molecule has 0 spiro atoms. The van der Waals surface area contributed by atoms with Crippen molar-refractivity contribution >= 4 is 40.6 Å². The molecule has 2 aromatic carbocycles. The van der Waals surface area contributed by atoms with Crippen molar-refractivity contribution in [1.82, 2.24) is 5.43 Å². The number of pyridine rings is 1. The standard InChI is InChI=1S/C24H24N4O3.BrH/c1-27(2)21-8-4-18(5-9-21)16-25-26-24(30)20-12-14-28(15-13-20)17-23(29)19-6-10-22(31-3)11-7-19;/h4-16H,17H2,1-3H3;1H/p+1. The van der Waals surface area contributed by atoms with E-state index in [-0.39, 0.29) is 35.2 Å². The summed E-state index contributed by atoms with van der Waals surface area (Å²) in [6.45, 7) is 0.176. The second-order valence-corrected chi connectivity index (χ2v) is 7.10. The zero-order chi connectivity index (χ0) is 22.2. The van der Waals surface area contributed by atoms with Crippen LogP contribution in [0.3, 0.4) is 0 Å². The number of rotatable bonds is 8. The number of hydrogen-bond acceptors (Lipinski definition) is 5. The van der Waals surface area contributed by atoms with Crippen molar-refractivity contribution in [3.05, 3.63) is 89.7 Å². The van der Waals surface area contributed by atoms with Crippen LogP contribution in [-0.2, 0) is 6.54 Å². The van der Waals surface area contributed by atoms with Gasteiger partial charge in [0.05, 0.1) is 18.9 Å². The van der Waals surface area contributed by atoms with Crippen molar-refractivity contribution in [3.63, 3.8) is 0 Å². The number of ether oxygens (including phenoxy) is 1. The Balaban J connectivity index is 0.00000363. The van der Waals surface area contributed by atoms with Crippen molar-refractivity contribution in [2.24, 2.45) is 5.10 Å². The Kier molecular flexibility index (Phi) is 9.09. The predicted molar refractivity (Wildman–Crippen MR) is 130 cm³/mol. The van der Waals surface area contributed by atoms with Gasteiger partial charge < -0.3 is 9.64 Å². The monoisotopic (exact) mass is 497 g/mol. The maximum absolute atomic E-state index is 12.4. The molecular formula is C24H26BrN4O3+. The van der Waals surface area contributed by atoms with Crippen LogP contribution in [-0.4, -0.2) is 39.1 Å². The van der Waals surface area contributed by atoms with Gasteiger partial charge in [0.15, 0.2) is 12.4 Å². The Hall–Kier alpha value is -3.52. The van der Waals surface area contributed by atoms with Gasteiger partial charge in [0, 0.05) is 37.5 Å². The first-order valence-corrected chi connectivity index (χ1v) is 9.73. The minimum Gasteiger partial charge on any atom is -0.497 e. The van der Waals surface area contributed by atoms with E-state index < -0.39 is 0 Å². The molecule has 0 aliphatic rings. The van der Waals surface area contributed by atoms with Crippen LogP contribution in [0, 0.1) is 0 Å². The van der Waals surface area contributed by atoms with Gasteiger partial charge in [-0.05, 0) is 42.0 Å². The van der Waals surface area contributed by atoms with Crippen LogP contribution in [0.4, 0.5) is 5.69 Å². The van der Waals surface area contributed by atoms with Gasteiger partial charge in [-0.3, -0.25) is 9.59 Å². The summed E-state index contributed by atoms with van der Waals surface area (Å²) in [7, 11) is 5.53. The summed E-state index contributed by atoms with van der Waals surface area (Å²) >= 11 is 0.